The van der Waals surface area contributed by atoms with Crippen LogP contribution in [0.1, 0.15) is 40.2 Å². The van der Waals surface area contributed by atoms with Crippen LogP contribution in [0.15, 0.2) is 24.3 Å². The van der Waals surface area contributed by atoms with E-state index < -0.39 is 0 Å². The van der Waals surface area contributed by atoms with E-state index in [0.29, 0.717) is 0 Å². The van der Waals surface area contributed by atoms with E-state index in [4.69, 9.17) is 4.74 Å². The third kappa shape index (κ3) is 7.66. The van der Waals surface area contributed by atoms with Crippen LogP contribution in [0.4, 0.5) is 0 Å². The molecule has 14 heavy (non-hydrogen) atoms. The third-order valence-corrected chi connectivity index (χ3v) is 1.33. The smallest absolute Gasteiger partial charge is 0.119 e. The number of ether oxygens (including phenoxy) is 1. The molecule has 0 fully saturated rings. The van der Waals surface area contributed by atoms with Gasteiger partial charge < -0.3 is 4.74 Å². The largest absolute Gasteiger partial charge is 0.494 e. The van der Waals surface area contributed by atoms with Gasteiger partial charge in [0.05, 0.1) is 6.61 Å². The van der Waals surface area contributed by atoms with Crippen molar-refractivity contribution in [3.8, 4) is 5.75 Å². The Morgan fingerprint density at radius 1 is 0.929 bits per heavy atom. The summed E-state index contributed by atoms with van der Waals surface area (Å²) in [4.78, 5) is 0. The summed E-state index contributed by atoms with van der Waals surface area (Å²) in [5, 5.41) is 0. The molecule has 0 aliphatic rings. The molecular formula is C13H24O. The molecule has 0 atom stereocenters. The van der Waals surface area contributed by atoms with Crippen LogP contribution in [0.25, 0.3) is 0 Å². The van der Waals surface area contributed by atoms with Crippen molar-refractivity contribution in [1.29, 1.82) is 0 Å². The van der Waals surface area contributed by atoms with Gasteiger partial charge in [0.2, 0.25) is 0 Å². The molecule has 0 aliphatic heterocycles. The molecule has 0 heterocycles. The Bertz CT molecular complexity index is 189. The Morgan fingerprint density at radius 2 is 1.36 bits per heavy atom. The molecule has 82 valence electrons. The summed E-state index contributed by atoms with van der Waals surface area (Å²) in [6, 6.07) is 8.06. The summed E-state index contributed by atoms with van der Waals surface area (Å²) in [5.74, 6) is 0.952. The van der Waals surface area contributed by atoms with E-state index in [0.717, 1.165) is 12.4 Å². The van der Waals surface area contributed by atoms with Crippen molar-refractivity contribution >= 4 is 0 Å². The molecule has 1 aromatic carbocycles. The van der Waals surface area contributed by atoms with Gasteiger partial charge in [0.15, 0.2) is 0 Å². The number of hydrogen-bond acceptors (Lipinski definition) is 1. The van der Waals surface area contributed by atoms with Crippen LogP contribution in [-0.4, -0.2) is 6.61 Å². The maximum atomic E-state index is 5.26. The molecule has 0 saturated heterocycles. The van der Waals surface area contributed by atoms with E-state index in [2.05, 4.69) is 6.92 Å². The molecule has 0 unspecified atom stereocenters. The second kappa shape index (κ2) is 12.0. The first-order valence-corrected chi connectivity index (χ1v) is 5.52. The molecule has 0 aromatic heterocycles. The maximum Gasteiger partial charge on any atom is 0.119 e. The highest BCUT2D eigenvalue weighted by atomic mass is 16.5. The Morgan fingerprint density at radius 3 is 1.71 bits per heavy atom. The standard InChI is InChI=1S/C9H12O.2C2H6/c1-3-10-9-6-4-8(2)5-7-9;2*1-2/h4-7H,3H2,1-2H3;2*1-2H3. The van der Waals surface area contributed by atoms with E-state index in [-0.39, 0.29) is 0 Å². The molecule has 0 bridgehead atoms. The van der Waals surface area contributed by atoms with Crippen LogP contribution in [0, 0.1) is 6.92 Å². The first-order valence-electron chi connectivity index (χ1n) is 5.52. The third-order valence-electron chi connectivity index (χ3n) is 1.33. The highest BCUT2D eigenvalue weighted by molar-refractivity contribution is 5.26. The zero-order chi connectivity index (χ0) is 11.4. The van der Waals surface area contributed by atoms with E-state index in [1.807, 2.05) is 58.9 Å². The van der Waals surface area contributed by atoms with Crippen molar-refractivity contribution in [1.82, 2.24) is 0 Å². The summed E-state index contributed by atoms with van der Waals surface area (Å²) in [7, 11) is 0. The van der Waals surface area contributed by atoms with Gasteiger partial charge in [0.1, 0.15) is 5.75 Å². The maximum absolute atomic E-state index is 5.26. The molecular weight excluding hydrogens is 172 g/mol. The summed E-state index contributed by atoms with van der Waals surface area (Å²) in [6.07, 6.45) is 0. The second-order valence-corrected chi connectivity index (χ2v) is 2.25. The topological polar surface area (TPSA) is 9.23 Å². The van der Waals surface area contributed by atoms with Crippen LogP contribution >= 0.6 is 0 Å². The Hall–Kier alpha value is -0.980. The summed E-state index contributed by atoms with van der Waals surface area (Å²) < 4.78 is 5.26. The Balaban J connectivity index is 0. The molecule has 1 heteroatoms. The average molecular weight is 196 g/mol. The van der Waals surface area contributed by atoms with Crippen molar-refractivity contribution in [2.24, 2.45) is 0 Å². The van der Waals surface area contributed by atoms with Crippen LogP contribution in [-0.2, 0) is 0 Å². The number of hydrogen-bond donors (Lipinski definition) is 0. The number of benzene rings is 1. The summed E-state index contributed by atoms with van der Waals surface area (Å²) in [6.45, 7) is 12.8. The van der Waals surface area contributed by atoms with Crippen LogP contribution < -0.4 is 4.74 Å². The van der Waals surface area contributed by atoms with E-state index in [1.165, 1.54) is 5.56 Å². The van der Waals surface area contributed by atoms with Gasteiger partial charge in [-0.2, -0.15) is 0 Å². The molecule has 0 aliphatic carbocycles. The number of aryl methyl sites for hydroxylation is 1. The van der Waals surface area contributed by atoms with Crippen molar-refractivity contribution in [3.05, 3.63) is 29.8 Å². The van der Waals surface area contributed by atoms with Gasteiger partial charge in [-0.3, -0.25) is 0 Å². The fraction of sp³-hybridized carbons (Fsp3) is 0.538. The van der Waals surface area contributed by atoms with Crippen LogP contribution in [0.2, 0.25) is 0 Å². The lowest BCUT2D eigenvalue weighted by molar-refractivity contribution is 0.340. The van der Waals surface area contributed by atoms with Crippen molar-refractivity contribution in [2.75, 3.05) is 6.61 Å². The molecule has 0 amide bonds. The fourth-order valence-electron chi connectivity index (χ4n) is 0.801. The van der Waals surface area contributed by atoms with Gasteiger partial charge in [-0.15, -0.1) is 0 Å². The first kappa shape index (κ1) is 15.5. The van der Waals surface area contributed by atoms with Gasteiger partial charge in [0, 0.05) is 0 Å². The van der Waals surface area contributed by atoms with Crippen LogP contribution in [0.3, 0.4) is 0 Å². The number of rotatable bonds is 2. The first-order chi connectivity index (χ1) is 6.83. The van der Waals surface area contributed by atoms with E-state index in [1.54, 1.807) is 0 Å². The highest BCUT2D eigenvalue weighted by Crippen LogP contribution is 2.10. The lowest BCUT2D eigenvalue weighted by Gasteiger charge is -2.01. The van der Waals surface area contributed by atoms with Gasteiger partial charge in [-0.25, -0.2) is 0 Å². The van der Waals surface area contributed by atoms with Gasteiger partial charge in [0.25, 0.3) is 0 Å². The SMILES string of the molecule is CC.CC.CCOc1ccc(C)cc1. The molecule has 0 saturated carbocycles. The Kier molecular flexibility index (Phi) is 13.3. The van der Waals surface area contributed by atoms with Gasteiger partial charge in [-0.1, -0.05) is 45.4 Å². The minimum atomic E-state index is 0.739. The second-order valence-electron chi connectivity index (χ2n) is 2.25. The molecule has 1 rings (SSSR count). The average Bonchev–Trinajstić information content (AvgIpc) is 2.28. The quantitative estimate of drug-likeness (QED) is 0.679. The molecule has 1 nitrogen and oxygen atoms in total. The minimum Gasteiger partial charge on any atom is -0.494 e. The van der Waals surface area contributed by atoms with Crippen molar-refractivity contribution < 1.29 is 4.74 Å². The monoisotopic (exact) mass is 196 g/mol. The van der Waals surface area contributed by atoms with E-state index in [9.17, 15) is 0 Å². The Labute approximate surface area is 89.1 Å². The molecule has 1 aromatic rings. The van der Waals surface area contributed by atoms with E-state index >= 15 is 0 Å². The highest BCUT2D eigenvalue weighted by Gasteiger charge is 1.87. The molecule has 0 spiro atoms. The van der Waals surface area contributed by atoms with Crippen molar-refractivity contribution in [2.45, 2.75) is 41.5 Å². The zero-order valence-electron chi connectivity index (χ0n) is 10.4. The predicted octanol–water partition coefficient (Wildman–Crippen LogP) is 4.45. The van der Waals surface area contributed by atoms with Gasteiger partial charge >= 0.3 is 0 Å². The predicted molar refractivity (Wildman–Crippen MR) is 65.0 cm³/mol. The fourth-order valence-corrected chi connectivity index (χ4v) is 0.801. The summed E-state index contributed by atoms with van der Waals surface area (Å²) >= 11 is 0. The van der Waals surface area contributed by atoms with Crippen molar-refractivity contribution in [3.63, 3.8) is 0 Å². The summed E-state index contributed by atoms with van der Waals surface area (Å²) in [5.41, 5.74) is 1.27. The normalized spacial score (nSPS) is 7.57. The lowest BCUT2D eigenvalue weighted by atomic mass is 10.2. The lowest BCUT2D eigenvalue weighted by Crippen LogP contribution is -1.90. The minimum absolute atomic E-state index is 0.739. The van der Waals surface area contributed by atoms with Crippen LogP contribution in [0.5, 0.6) is 5.75 Å². The molecule has 0 radical (unpaired) electrons. The zero-order valence-corrected chi connectivity index (χ0v) is 10.4. The molecule has 0 N–H and O–H groups in total. The van der Waals surface area contributed by atoms with Gasteiger partial charge in [-0.05, 0) is 26.0 Å².